The number of benzene rings is 7. The highest BCUT2D eigenvalue weighted by Crippen LogP contribution is 2.46. The number of nitrogens with zero attached hydrogens (tertiary/aromatic N) is 7. The van der Waals surface area contributed by atoms with Crippen molar-refractivity contribution in [3.63, 3.8) is 0 Å². The molecular weight excluding hydrogens is 1750 g/mol. The van der Waals surface area contributed by atoms with Gasteiger partial charge in [-0.1, -0.05) is 211 Å². The van der Waals surface area contributed by atoms with Crippen LogP contribution in [0.25, 0.3) is 0 Å². The molecule has 0 spiro atoms. The summed E-state index contributed by atoms with van der Waals surface area (Å²) in [4.78, 5) is 174. The van der Waals surface area contributed by atoms with Crippen LogP contribution >= 0.6 is 0 Å². The van der Waals surface area contributed by atoms with E-state index in [0.717, 1.165) is 76.2 Å². The van der Waals surface area contributed by atoms with Crippen molar-refractivity contribution in [2.45, 2.75) is 213 Å². The Kier molecular flexibility index (Phi) is 41.9. The fraction of sp³-hybridized carbons (Fsp3) is 0.409. The van der Waals surface area contributed by atoms with Gasteiger partial charge >= 0.3 is 5.97 Å². The van der Waals surface area contributed by atoms with Gasteiger partial charge < -0.3 is 9.16 Å². The van der Waals surface area contributed by atoms with Gasteiger partial charge in [0.25, 0.3) is 35.4 Å². The van der Waals surface area contributed by atoms with E-state index in [9.17, 15) is 62.3 Å². The van der Waals surface area contributed by atoms with Gasteiger partial charge in [-0.15, -0.1) is 39.5 Å². The molecule has 138 heavy (non-hydrogen) atoms. The van der Waals surface area contributed by atoms with Crippen LogP contribution in [0, 0.1) is 43.8 Å². The van der Waals surface area contributed by atoms with E-state index >= 15 is 0 Å². The van der Waals surface area contributed by atoms with Gasteiger partial charge in [0.15, 0.2) is 8.32 Å². The number of hydrogen-bond donors (Lipinski definition) is 0. The third kappa shape index (κ3) is 28.1. The van der Waals surface area contributed by atoms with E-state index in [1.165, 1.54) is 36.5 Å². The molecule has 6 saturated heterocycles. The first kappa shape index (κ1) is 110. The minimum atomic E-state index is -1.88. The van der Waals surface area contributed by atoms with E-state index in [1.54, 1.807) is 134 Å². The molecule has 0 bridgehead atoms. The summed E-state index contributed by atoms with van der Waals surface area (Å²) in [6.07, 6.45) is 26.7. The number of piperidine rings is 6. The van der Waals surface area contributed by atoms with Crippen LogP contribution in [0.4, 0.5) is 0 Å². The Morgan fingerprint density at radius 1 is 0.370 bits per heavy atom. The molecule has 7 aromatic rings. The number of hydrogen-bond acceptors (Lipinski definition) is 16. The molecule has 0 aromatic heterocycles. The molecule has 0 unspecified atom stereocenters. The number of methoxy groups -OCH3 is 1. The fourth-order valence-electron chi connectivity index (χ4n) is 19.1. The largest absolute Gasteiger partial charge is 0.469 e. The van der Waals surface area contributed by atoms with Gasteiger partial charge in [0.2, 0.25) is 35.4 Å². The predicted octanol–water partition coefficient (Wildman–Crippen LogP) is 22.4. The molecule has 6 heterocycles. The van der Waals surface area contributed by atoms with Crippen LogP contribution in [-0.4, -0.2) is 168 Å². The minimum Gasteiger partial charge on any atom is -0.469 e. The lowest BCUT2D eigenvalue weighted by Gasteiger charge is -2.42. The second kappa shape index (κ2) is 52.5. The zero-order chi connectivity index (χ0) is 101. The summed E-state index contributed by atoms with van der Waals surface area (Å²) in [5.41, 5.74) is 0.898. The van der Waals surface area contributed by atoms with Crippen molar-refractivity contribution in [3.05, 3.63) is 327 Å². The van der Waals surface area contributed by atoms with Crippen molar-refractivity contribution < 1.29 is 71.5 Å². The third-order valence-corrected chi connectivity index (χ3v) is 32.6. The molecule has 6 fully saturated rings. The summed E-state index contributed by atoms with van der Waals surface area (Å²) in [5, 5.41) is 8.98. The molecule has 13 rings (SSSR count). The van der Waals surface area contributed by atoms with Crippen molar-refractivity contribution in [2.75, 3.05) is 53.0 Å². The maximum absolute atomic E-state index is 13.4. The second-order valence-corrected chi connectivity index (χ2v) is 43.2. The monoisotopic (exact) mass is 1890 g/mol. The van der Waals surface area contributed by atoms with E-state index in [1.807, 2.05) is 129 Å². The number of ether oxygens (including phenoxy) is 1. The van der Waals surface area contributed by atoms with Crippen LogP contribution in [-0.2, 0) is 49.1 Å². The van der Waals surface area contributed by atoms with Crippen molar-refractivity contribution in [1.29, 1.82) is 5.26 Å². The SMILES string of the molecule is C=CC[C@]1(C)CCCN(C(=O)c2ccccc2)C1=O.C=CC[C@]1(CC)CCCN(C(=O)c2ccccc2)C1=O.C=CC[C@]1(CCC#N)CCCN(C(=O)c2ccccc2)C1=O.C=CC[C@]1(CCC(=O)OC)CCCN(C(=O)c2ccccc2)C1=O.C=CC[C@]1(CCO[Si](C)(C)C(C)(C)C)CCCN(C(=O)c2ccccc2)C1=O.C=CC[C@]1(Cc2ccccc2)CCCN(C(=O)c2ccccc2)C1=O. The fourth-order valence-corrected chi connectivity index (χ4v) is 20.1. The minimum absolute atomic E-state index is 0.0417. The number of rotatable bonds is 30. The molecule has 0 N–H and O–H groups in total. The van der Waals surface area contributed by atoms with Gasteiger partial charge in [-0.2, -0.15) is 5.26 Å². The highest BCUT2D eigenvalue weighted by Gasteiger charge is 2.51. The van der Waals surface area contributed by atoms with E-state index in [0.29, 0.717) is 163 Å². The molecule has 6 aliphatic rings. The number of allylic oxidation sites excluding steroid dienone is 6. The zero-order valence-corrected chi connectivity index (χ0v) is 83.3. The summed E-state index contributed by atoms with van der Waals surface area (Å²) < 4.78 is 11.0. The number of esters is 1. The maximum atomic E-state index is 13.4. The van der Waals surface area contributed by atoms with Crippen LogP contribution in [0.2, 0.25) is 18.1 Å². The summed E-state index contributed by atoms with van der Waals surface area (Å²) in [5.74, 6) is -2.32. The van der Waals surface area contributed by atoms with Gasteiger partial charge in [0.05, 0.1) is 45.7 Å². The first-order valence-corrected chi connectivity index (χ1v) is 51.3. The maximum Gasteiger partial charge on any atom is 0.305 e. The van der Waals surface area contributed by atoms with Crippen molar-refractivity contribution >= 4 is 85.2 Å². The standard InChI is InChI=1S/C23H35NO3Si.C22H23NO2.C19H23NO4.C18H20N2O2.C17H21NO2.C16H19NO2/c1-7-14-23(16-18-27-28(5,6)22(2,3)4)15-11-17-24(21(23)26)20(25)19-12-9-8-10-13-19;1-2-14-22(17-18-10-5-3-6-11-18)15-9-16-23(21(22)25)20(24)19-12-7-4-8-13-19;1-3-11-19(13-10-16(21)24-2)12-7-14-20(18(19)23)17(22)15-8-5-4-6-9-15;1-2-10-18(11-6-13-19)12-7-14-20(17(18)22)16(21)15-8-4-3-5-9-15;1-3-11-17(4-2)12-8-13-18(16(17)20)15(19)14-9-6-5-7-10-14;1-3-10-16(2)11-7-12-17(15(16)19)14(18)13-8-5-4-6-9-13/h7-10,12-13H,1,11,14-18H2,2-6H3;2-8,10-13H,1,9,14-17H2;3-6,8-9H,1,7,10-14H2,2H3;2-5,8-9H,1,6-7,10-12,14H2;3,5-7,9-10H,1,4,8,11-13H2,2H3;3-6,8-9H,1,7,10-12H2,2H3/t23-;22-;19-;18-;17-;16-/m111011/s1. The Labute approximate surface area is 818 Å². The molecule has 0 aliphatic carbocycles. The van der Waals surface area contributed by atoms with E-state index in [4.69, 9.17) is 9.69 Å². The molecule has 22 nitrogen and oxygen atoms in total. The quantitative estimate of drug-likeness (QED) is 0.0175. The number of imide groups is 6. The number of likely N-dealkylation sites (tertiary alicyclic amines) is 6. The smallest absolute Gasteiger partial charge is 0.305 e. The highest BCUT2D eigenvalue weighted by atomic mass is 28.4. The Bertz CT molecular complexity index is 5410. The second-order valence-electron chi connectivity index (χ2n) is 38.4. The highest BCUT2D eigenvalue weighted by molar-refractivity contribution is 6.74. The first-order valence-electron chi connectivity index (χ1n) is 48.4. The van der Waals surface area contributed by atoms with E-state index < -0.39 is 40.8 Å². The molecule has 730 valence electrons. The molecule has 0 saturated carbocycles. The van der Waals surface area contributed by atoms with E-state index in [-0.39, 0.29) is 88.3 Å². The van der Waals surface area contributed by atoms with Crippen LogP contribution in [0.3, 0.4) is 0 Å². The Balaban J connectivity index is 0.000000204. The van der Waals surface area contributed by atoms with Gasteiger partial charge in [-0.25, -0.2) is 0 Å². The summed E-state index contributed by atoms with van der Waals surface area (Å²) in [7, 11) is -0.547. The van der Waals surface area contributed by atoms with Crippen molar-refractivity contribution in [2.24, 2.45) is 32.5 Å². The topological polar surface area (TPSA) is 284 Å². The summed E-state index contributed by atoms with van der Waals surface area (Å²) >= 11 is 0. The lowest BCUT2D eigenvalue weighted by molar-refractivity contribution is -0.147. The number of carbonyl (C=O) groups is 13. The Hall–Kier alpha value is -13.0. The van der Waals surface area contributed by atoms with Crippen molar-refractivity contribution in [3.8, 4) is 6.07 Å². The zero-order valence-electron chi connectivity index (χ0n) is 82.3. The van der Waals surface area contributed by atoms with Gasteiger partial charge in [-0.05, 0) is 244 Å². The molecule has 6 aliphatic heterocycles. The van der Waals surface area contributed by atoms with E-state index in [2.05, 4.69) is 84.1 Å². The Morgan fingerprint density at radius 3 is 0.920 bits per heavy atom. The lowest BCUT2D eigenvalue weighted by Crippen LogP contribution is -2.52. The number of nitriles is 1. The average molecular weight is 1890 g/mol. The van der Waals surface area contributed by atoms with Gasteiger partial charge in [-0.3, -0.25) is 91.7 Å². The van der Waals surface area contributed by atoms with Crippen LogP contribution in [0.1, 0.15) is 256 Å². The van der Waals surface area contributed by atoms with Crippen molar-refractivity contribution in [1.82, 2.24) is 29.4 Å². The molecule has 0 radical (unpaired) electrons. The van der Waals surface area contributed by atoms with Gasteiger partial charge in [0.1, 0.15) is 0 Å². The first-order chi connectivity index (χ1) is 66.1. The van der Waals surface area contributed by atoms with Gasteiger partial charge in [0, 0.05) is 92.1 Å². The van der Waals surface area contributed by atoms with Crippen LogP contribution in [0.15, 0.2) is 288 Å². The predicted molar refractivity (Wildman–Crippen MR) is 544 cm³/mol. The Morgan fingerprint density at radius 2 is 0.623 bits per heavy atom. The summed E-state index contributed by atoms with van der Waals surface area (Å²) in [6, 6.07) is 65.8. The molecule has 7 aromatic carbocycles. The average Bonchev–Trinajstić information content (AvgIpc) is 0.781. The third-order valence-electron chi connectivity index (χ3n) is 28.1. The molecular formula is C115H141N7O15Si. The number of amides is 12. The van der Waals surface area contributed by atoms with Crippen LogP contribution < -0.4 is 0 Å². The molecule has 6 atom stereocenters. The summed E-state index contributed by atoms with van der Waals surface area (Å²) in [6.45, 7) is 41.1. The van der Waals surface area contributed by atoms with Crippen LogP contribution in [0.5, 0.6) is 0 Å². The number of carbonyl (C=O) groups excluding carboxylic acids is 13. The molecule has 12 amide bonds. The molecule has 23 heteroatoms. The normalized spacial score (nSPS) is 21.4. The lowest BCUT2D eigenvalue weighted by atomic mass is 9.72.